The summed E-state index contributed by atoms with van der Waals surface area (Å²) in [6, 6.07) is 7.35. The largest absolute Gasteiger partial charge is 0.387 e. The molecule has 0 aliphatic carbocycles. The molecule has 5 heteroatoms. The van der Waals surface area contributed by atoms with E-state index < -0.39 is 11.9 Å². The van der Waals surface area contributed by atoms with E-state index in [1.54, 1.807) is 12.1 Å². The fourth-order valence-electron chi connectivity index (χ4n) is 1.44. The Morgan fingerprint density at radius 3 is 2.72 bits per heavy atom. The van der Waals surface area contributed by atoms with Crippen LogP contribution in [0.1, 0.15) is 11.7 Å². The minimum atomic E-state index is -0.832. The molecule has 2 rings (SSSR count). The van der Waals surface area contributed by atoms with Gasteiger partial charge in [0, 0.05) is 22.4 Å². The maximum atomic E-state index is 12.9. The summed E-state index contributed by atoms with van der Waals surface area (Å²) >= 11 is 1.30. The van der Waals surface area contributed by atoms with E-state index in [1.807, 2.05) is 0 Å². The second-order valence-corrected chi connectivity index (χ2v) is 4.81. The van der Waals surface area contributed by atoms with Crippen LogP contribution in [-0.4, -0.2) is 15.8 Å². The number of aliphatic hydroxyl groups excluding tert-OH is 1. The Balaban J connectivity index is 1.98. The lowest BCUT2D eigenvalue weighted by Crippen LogP contribution is -2.01. The molecule has 0 aliphatic rings. The highest BCUT2D eigenvalue weighted by Crippen LogP contribution is 2.25. The molecule has 0 spiro atoms. The van der Waals surface area contributed by atoms with Crippen LogP contribution in [0.25, 0.3) is 0 Å². The molecule has 0 bridgehead atoms. The SMILES string of the molecule is OC(CSc1cccc(F)c1)c1cncc(F)c1. The van der Waals surface area contributed by atoms with Crippen molar-refractivity contribution in [2.75, 3.05) is 5.75 Å². The normalized spacial score (nSPS) is 12.4. The lowest BCUT2D eigenvalue weighted by atomic mass is 10.2. The van der Waals surface area contributed by atoms with Crippen LogP contribution in [0.3, 0.4) is 0 Å². The van der Waals surface area contributed by atoms with Crippen molar-refractivity contribution in [1.29, 1.82) is 0 Å². The van der Waals surface area contributed by atoms with Gasteiger partial charge in [-0.05, 0) is 24.3 Å². The molecule has 1 atom stereocenters. The average Bonchev–Trinajstić information content (AvgIpc) is 2.36. The molecule has 94 valence electrons. The lowest BCUT2D eigenvalue weighted by molar-refractivity contribution is 0.203. The molecular weight excluding hydrogens is 256 g/mol. The minimum absolute atomic E-state index is 0.314. The standard InChI is InChI=1S/C13H11F2NOS/c14-10-2-1-3-12(5-10)18-8-13(17)9-4-11(15)7-16-6-9/h1-7,13,17H,8H2. The number of rotatable bonds is 4. The monoisotopic (exact) mass is 267 g/mol. The molecule has 1 unspecified atom stereocenters. The molecule has 0 saturated carbocycles. The molecule has 0 saturated heterocycles. The average molecular weight is 267 g/mol. The maximum absolute atomic E-state index is 12.9. The van der Waals surface area contributed by atoms with E-state index in [1.165, 1.54) is 36.2 Å². The van der Waals surface area contributed by atoms with Gasteiger partial charge in [-0.3, -0.25) is 4.98 Å². The third-order valence-corrected chi connectivity index (χ3v) is 3.38. The van der Waals surface area contributed by atoms with E-state index in [-0.39, 0.29) is 5.82 Å². The Bertz CT molecular complexity index is 536. The van der Waals surface area contributed by atoms with E-state index in [0.29, 0.717) is 11.3 Å². The van der Waals surface area contributed by atoms with E-state index in [0.717, 1.165) is 11.1 Å². The summed E-state index contributed by atoms with van der Waals surface area (Å²) in [6.07, 6.45) is 1.66. The Kier molecular flexibility index (Phi) is 4.28. The smallest absolute Gasteiger partial charge is 0.141 e. The zero-order valence-electron chi connectivity index (χ0n) is 9.38. The molecule has 1 aromatic heterocycles. The Hall–Kier alpha value is -1.46. The Morgan fingerprint density at radius 1 is 1.17 bits per heavy atom. The molecule has 2 aromatic rings. The van der Waals surface area contributed by atoms with Gasteiger partial charge in [-0.1, -0.05) is 6.07 Å². The van der Waals surface area contributed by atoms with Gasteiger partial charge in [0.2, 0.25) is 0 Å². The molecule has 1 aromatic carbocycles. The number of halogens is 2. The van der Waals surface area contributed by atoms with Crippen LogP contribution >= 0.6 is 11.8 Å². The zero-order chi connectivity index (χ0) is 13.0. The molecule has 0 aliphatic heterocycles. The maximum Gasteiger partial charge on any atom is 0.141 e. The van der Waals surface area contributed by atoms with Gasteiger partial charge >= 0.3 is 0 Å². The molecule has 18 heavy (non-hydrogen) atoms. The first-order chi connectivity index (χ1) is 8.65. The van der Waals surface area contributed by atoms with Crippen molar-refractivity contribution in [3.63, 3.8) is 0 Å². The van der Waals surface area contributed by atoms with E-state index in [9.17, 15) is 13.9 Å². The van der Waals surface area contributed by atoms with Gasteiger partial charge in [0.1, 0.15) is 11.6 Å². The summed E-state index contributed by atoms with van der Waals surface area (Å²) in [4.78, 5) is 4.39. The second kappa shape index (κ2) is 5.93. The third kappa shape index (κ3) is 3.51. The predicted molar refractivity (Wildman–Crippen MR) is 66.3 cm³/mol. The summed E-state index contributed by atoms with van der Waals surface area (Å²) in [6.45, 7) is 0. The van der Waals surface area contributed by atoms with Crippen LogP contribution in [-0.2, 0) is 0 Å². The zero-order valence-corrected chi connectivity index (χ0v) is 10.2. The first-order valence-corrected chi connectivity index (χ1v) is 6.30. The summed E-state index contributed by atoms with van der Waals surface area (Å²) in [5.41, 5.74) is 0.416. The van der Waals surface area contributed by atoms with E-state index >= 15 is 0 Å². The number of hydrogen-bond acceptors (Lipinski definition) is 3. The summed E-state index contributed by atoms with van der Waals surface area (Å²) < 4.78 is 25.8. The number of benzene rings is 1. The Morgan fingerprint density at radius 2 is 2.00 bits per heavy atom. The van der Waals surface area contributed by atoms with Gasteiger partial charge in [0.15, 0.2) is 0 Å². The Labute approximate surface area is 108 Å². The highest BCUT2D eigenvalue weighted by atomic mass is 32.2. The van der Waals surface area contributed by atoms with Crippen molar-refractivity contribution in [1.82, 2.24) is 4.98 Å². The fourth-order valence-corrected chi connectivity index (χ4v) is 2.35. The van der Waals surface area contributed by atoms with E-state index in [4.69, 9.17) is 0 Å². The number of pyridine rings is 1. The van der Waals surface area contributed by atoms with Gasteiger partial charge in [-0.25, -0.2) is 8.78 Å². The van der Waals surface area contributed by atoms with Gasteiger partial charge < -0.3 is 5.11 Å². The minimum Gasteiger partial charge on any atom is -0.387 e. The summed E-state index contributed by atoms with van der Waals surface area (Å²) in [7, 11) is 0. The van der Waals surface area contributed by atoms with Crippen LogP contribution in [0.4, 0.5) is 8.78 Å². The predicted octanol–water partition coefficient (Wildman–Crippen LogP) is 3.19. The number of hydrogen-bond donors (Lipinski definition) is 1. The van der Waals surface area contributed by atoms with Crippen LogP contribution in [0.5, 0.6) is 0 Å². The van der Waals surface area contributed by atoms with Crippen LogP contribution in [0.15, 0.2) is 47.6 Å². The lowest BCUT2D eigenvalue weighted by Gasteiger charge is -2.10. The molecule has 0 amide bonds. The quantitative estimate of drug-likeness (QED) is 0.864. The van der Waals surface area contributed by atoms with Crippen molar-refractivity contribution >= 4 is 11.8 Å². The third-order valence-electron chi connectivity index (χ3n) is 2.31. The first kappa shape index (κ1) is 13.0. The number of nitrogens with zero attached hydrogens (tertiary/aromatic N) is 1. The van der Waals surface area contributed by atoms with Crippen molar-refractivity contribution in [3.05, 3.63) is 59.9 Å². The fraction of sp³-hybridized carbons (Fsp3) is 0.154. The van der Waals surface area contributed by atoms with Gasteiger partial charge in [-0.15, -0.1) is 11.8 Å². The van der Waals surface area contributed by atoms with Crippen molar-refractivity contribution in [2.24, 2.45) is 0 Å². The second-order valence-electron chi connectivity index (χ2n) is 3.72. The van der Waals surface area contributed by atoms with Crippen molar-refractivity contribution < 1.29 is 13.9 Å². The molecule has 0 fully saturated rings. The van der Waals surface area contributed by atoms with Crippen LogP contribution in [0, 0.1) is 11.6 Å². The molecule has 0 radical (unpaired) electrons. The van der Waals surface area contributed by atoms with Crippen LogP contribution < -0.4 is 0 Å². The number of aliphatic hydroxyl groups is 1. The molecular formula is C13H11F2NOS. The van der Waals surface area contributed by atoms with Crippen molar-refractivity contribution in [2.45, 2.75) is 11.0 Å². The van der Waals surface area contributed by atoms with E-state index in [2.05, 4.69) is 4.98 Å². The topological polar surface area (TPSA) is 33.1 Å². The van der Waals surface area contributed by atoms with Crippen molar-refractivity contribution in [3.8, 4) is 0 Å². The molecule has 1 N–H and O–H groups in total. The molecule has 1 heterocycles. The van der Waals surface area contributed by atoms with Crippen LogP contribution in [0.2, 0.25) is 0 Å². The highest BCUT2D eigenvalue weighted by Gasteiger charge is 2.09. The molecule has 2 nitrogen and oxygen atoms in total. The number of aromatic nitrogens is 1. The highest BCUT2D eigenvalue weighted by molar-refractivity contribution is 7.99. The van der Waals surface area contributed by atoms with Gasteiger partial charge in [0.25, 0.3) is 0 Å². The van der Waals surface area contributed by atoms with Gasteiger partial charge in [-0.2, -0.15) is 0 Å². The summed E-state index contributed by atoms with van der Waals surface area (Å²) in [5.74, 6) is -0.488. The first-order valence-electron chi connectivity index (χ1n) is 5.32. The summed E-state index contributed by atoms with van der Waals surface area (Å²) in [5, 5.41) is 9.85. The van der Waals surface area contributed by atoms with Gasteiger partial charge in [0.05, 0.1) is 12.3 Å². The number of thioether (sulfide) groups is 1.